The monoisotopic (exact) mass is 306 g/mol. The fraction of sp³-hybridized carbons (Fsp3) is 0.0588. The molecule has 0 saturated carbocycles. The van der Waals surface area contributed by atoms with Crippen LogP contribution in [0.5, 0.6) is 0 Å². The zero-order valence-corrected chi connectivity index (χ0v) is 12.4. The molecule has 0 spiro atoms. The summed E-state index contributed by atoms with van der Waals surface area (Å²) in [7, 11) is 1.65. The molecule has 1 N–H and O–H groups in total. The molecule has 0 unspecified atom stereocenters. The molecule has 1 aromatic heterocycles. The number of aryl methyl sites for hydroxylation is 1. The van der Waals surface area contributed by atoms with Crippen molar-refractivity contribution in [1.29, 1.82) is 0 Å². The van der Waals surface area contributed by atoms with Crippen LogP contribution in [0.3, 0.4) is 0 Å². The van der Waals surface area contributed by atoms with Crippen LogP contribution in [0.15, 0.2) is 65.8 Å². The molecule has 0 aliphatic rings. The number of aromatic nitrogens is 2. The molecule has 1 heterocycles. The van der Waals surface area contributed by atoms with E-state index in [2.05, 4.69) is 15.6 Å². The fourth-order valence-corrected chi connectivity index (χ4v) is 2.30. The van der Waals surface area contributed by atoms with Gasteiger partial charge in [-0.1, -0.05) is 48.5 Å². The minimum Gasteiger partial charge on any atom is -0.305 e. The second kappa shape index (κ2) is 6.23. The zero-order valence-electron chi connectivity index (χ0n) is 12.4. The maximum atomic E-state index is 12.3. The molecular formula is C17H14N4O2. The van der Waals surface area contributed by atoms with Gasteiger partial charge in [-0.05, 0) is 17.3 Å². The van der Waals surface area contributed by atoms with Crippen molar-refractivity contribution in [2.45, 2.75) is 0 Å². The van der Waals surface area contributed by atoms with E-state index >= 15 is 0 Å². The number of rotatable bonds is 4. The molecule has 1 amide bonds. The van der Waals surface area contributed by atoms with Crippen LogP contribution in [0, 0.1) is 4.91 Å². The number of hydrogen-bond acceptors (Lipinski definition) is 4. The van der Waals surface area contributed by atoms with Crippen LogP contribution in [0.1, 0.15) is 10.4 Å². The van der Waals surface area contributed by atoms with Crippen LogP contribution >= 0.6 is 0 Å². The van der Waals surface area contributed by atoms with E-state index in [0.29, 0.717) is 11.3 Å². The summed E-state index contributed by atoms with van der Waals surface area (Å²) in [6, 6.07) is 18.0. The standard InChI is InChI=1S/C17H14N4O2/c1-21-16(18-17(22)13-10-6-3-7-11-13)15(20-23)14(19-21)12-8-4-2-5-9-12/h2-11H,1H3,(H,18,22). The Balaban J connectivity index is 1.99. The molecule has 3 rings (SSSR count). The van der Waals surface area contributed by atoms with Crippen LogP contribution in [-0.4, -0.2) is 15.7 Å². The molecule has 0 fully saturated rings. The number of carbonyl (C=O) groups is 1. The summed E-state index contributed by atoms with van der Waals surface area (Å²) in [5.41, 5.74) is 1.80. The predicted molar refractivity (Wildman–Crippen MR) is 88.5 cm³/mol. The van der Waals surface area contributed by atoms with Gasteiger partial charge in [0.1, 0.15) is 5.69 Å². The van der Waals surface area contributed by atoms with Crippen molar-refractivity contribution < 1.29 is 4.79 Å². The summed E-state index contributed by atoms with van der Waals surface area (Å²) in [4.78, 5) is 23.6. The Hall–Kier alpha value is -3.28. The van der Waals surface area contributed by atoms with Crippen molar-refractivity contribution in [1.82, 2.24) is 9.78 Å². The number of nitroso groups, excluding NO2 is 1. The van der Waals surface area contributed by atoms with E-state index in [-0.39, 0.29) is 17.4 Å². The highest BCUT2D eigenvalue weighted by Gasteiger charge is 2.20. The van der Waals surface area contributed by atoms with E-state index in [9.17, 15) is 9.70 Å². The van der Waals surface area contributed by atoms with Gasteiger partial charge in [-0.3, -0.25) is 4.79 Å². The van der Waals surface area contributed by atoms with Crippen LogP contribution in [0.25, 0.3) is 11.3 Å². The van der Waals surface area contributed by atoms with E-state index in [1.54, 1.807) is 31.3 Å². The Morgan fingerprint density at radius 2 is 1.65 bits per heavy atom. The van der Waals surface area contributed by atoms with Gasteiger partial charge in [0.2, 0.25) is 0 Å². The van der Waals surface area contributed by atoms with E-state index in [1.165, 1.54) is 4.68 Å². The molecule has 0 saturated heterocycles. The van der Waals surface area contributed by atoms with Gasteiger partial charge in [0.05, 0.1) is 0 Å². The summed E-state index contributed by atoms with van der Waals surface area (Å²) in [5, 5.41) is 10.1. The third-order valence-electron chi connectivity index (χ3n) is 3.43. The first-order chi connectivity index (χ1) is 11.2. The Morgan fingerprint density at radius 3 is 2.26 bits per heavy atom. The lowest BCUT2D eigenvalue weighted by atomic mass is 10.1. The quantitative estimate of drug-likeness (QED) is 0.746. The molecule has 114 valence electrons. The average molecular weight is 306 g/mol. The molecule has 0 aliphatic heterocycles. The van der Waals surface area contributed by atoms with Crippen LogP contribution in [0.2, 0.25) is 0 Å². The Morgan fingerprint density at radius 1 is 1.04 bits per heavy atom. The molecule has 6 heteroatoms. The molecule has 0 radical (unpaired) electrons. The van der Waals surface area contributed by atoms with E-state index in [4.69, 9.17) is 0 Å². The molecule has 0 atom stereocenters. The topological polar surface area (TPSA) is 76.3 Å². The minimum absolute atomic E-state index is 0.114. The van der Waals surface area contributed by atoms with Gasteiger partial charge in [0.15, 0.2) is 11.5 Å². The largest absolute Gasteiger partial charge is 0.305 e. The smallest absolute Gasteiger partial charge is 0.256 e. The lowest BCUT2D eigenvalue weighted by Gasteiger charge is -2.05. The van der Waals surface area contributed by atoms with Crippen LogP contribution in [0.4, 0.5) is 11.5 Å². The number of nitrogens with one attached hydrogen (secondary N) is 1. The molecule has 2 aromatic carbocycles. The molecule has 6 nitrogen and oxygen atoms in total. The van der Waals surface area contributed by atoms with Gasteiger partial charge in [0.25, 0.3) is 5.91 Å². The highest BCUT2D eigenvalue weighted by Crippen LogP contribution is 2.36. The number of benzene rings is 2. The fourth-order valence-electron chi connectivity index (χ4n) is 2.30. The molecule has 3 aromatic rings. The van der Waals surface area contributed by atoms with Crippen molar-refractivity contribution >= 4 is 17.4 Å². The molecule has 23 heavy (non-hydrogen) atoms. The Labute approximate surface area is 132 Å². The molecule has 0 aliphatic carbocycles. The highest BCUT2D eigenvalue weighted by atomic mass is 16.3. The van der Waals surface area contributed by atoms with Crippen molar-refractivity contribution in [3.05, 3.63) is 71.1 Å². The third kappa shape index (κ3) is 2.87. The van der Waals surface area contributed by atoms with Crippen LogP contribution in [-0.2, 0) is 7.05 Å². The van der Waals surface area contributed by atoms with Crippen molar-refractivity contribution in [3.63, 3.8) is 0 Å². The van der Waals surface area contributed by atoms with Crippen LogP contribution < -0.4 is 5.32 Å². The summed E-state index contributed by atoms with van der Waals surface area (Å²) in [6.45, 7) is 0. The maximum absolute atomic E-state index is 12.3. The number of carbonyl (C=O) groups excluding carboxylic acids is 1. The lowest BCUT2D eigenvalue weighted by molar-refractivity contribution is 0.102. The number of amides is 1. The first-order valence-corrected chi connectivity index (χ1v) is 7.03. The number of nitrogens with zero attached hydrogens (tertiary/aromatic N) is 3. The van der Waals surface area contributed by atoms with Crippen molar-refractivity contribution in [2.75, 3.05) is 5.32 Å². The summed E-state index contributed by atoms with van der Waals surface area (Å²) in [5.74, 6) is -0.0502. The average Bonchev–Trinajstić information content (AvgIpc) is 2.92. The highest BCUT2D eigenvalue weighted by molar-refractivity contribution is 6.06. The van der Waals surface area contributed by atoms with Gasteiger partial charge in [-0.15, -0.1) is 4.91 Å². The van der Waals surface area contributed by atoms with E-state index in [0.717, 1.165) is 5.56 Å². The summed E-state index contributed by atoms with van der Waals surface area (Å²) >= 11 is 0. The first kappa shape index (κ1) is 14.6. The Kier molecular flexibility index (Phi) is 3.97. The Bertz CT molecular complexity index is 842. The maximum Gasteiger partial charge on any atom is 0.256 e. The molecule has 0 bridgehead atoms. The number of hydrogen-bond donors (Lipinski definition) is 1. The predicted octanol–water partition coefficient (Wildman–Crippen LogP) is 3.74. The zero-order chi connectivity index (χ0) is 16.2. The van der Waals surface area contributed by atoms with Crippen molar-refractivity contribution in [3.8, 4) is 11.3 Å². The van der Waals surface area contributed by atoms with E-state index < -0.39 is 0 Å². The third-order valence-corrected chi connectivity index (χ3v) is 3.43. The van der Waals surface area contributed by atoms with Gasteiger partial charge in [0, 0.05) is 18.2 Å². The lowest BCUT2D eigenvalue weighted by Crippen LogP contribution is -2.14. The summed E-state index contributed by atoms with van der Waals surface area (Å²) < 4.78 is 1.44. The van der Waals surface area contributed by atoms with Gasteiger partial charge in [-0.2, -0.15) is 5.10 Å². The SMILES string of the molecule is Cn1nc(-c2ccccc2)c(N=O)c1NC(=O)c1ccccc1. The second-order valence-electron chi connectivity index (χ2n) is 4.95. The van der Waals surface area contributed by atoms with Gasteiger partial charge >= 0.3 is 0 Å². The second-order valence-corrected chi connectivity index (χ2v) is 4.95. The van der Waals surface area contributed by atoms with Gasteiger partial charge < -0.3 is 5.32 Å². The normalized spacial score (nSPS) is 10.3. The first-order valence-electron chi connectivity index (χ1n) is 7.03. The summed E-state index contributed by atoms with van der Waals surface area (Å²) in [6.07, 6.45) is 0. The van der Waals surface area contributed by atoms with Gasteiger partial charge in [-0.25, -0.2) is 4.68 Å². The number of anilines is 1. The molecular weight excluding hydrogens is 292 g/mol. The van der Waals surface area contributed by atoms with Crippen molar-refractivity contribution in [2.24, 2.45) is 12.2 Å². The minimum atomic E-state index is -0.321. The van der Waals surface area contributed by atoms with E-state index in [1.807, 2.05) is 36.4 Å².